The van der Waals surface area contributed by atoms with Crippen LogP contribution in [-0.2, 0) is 10.0 Å². The third-order valence-corrected chi connectivity index (χ3v) is 6.22. The molecule has 0 fully saturated rings. The topological polar surface area (TPSA) is 91.4 Å². The molecule has 3 aromatic rings. The van der Waals surface area contributed by atoms with Crippen molar-refractivity contribution >= 4 is 26.6 Å². The van der Waals surface area contributed by atoms with E-state index in [0.717, 1.165) is 3.97 Å². The van der Waals surface area contributed by atoms with Gasteiger partial charge < -0.3 is 10.5 Å². The first-order valence-corrected chi connectivity index (χ1v) is 9.43. The minimum atomic E-state index is -4.12. The maximum absolute atomic E-state index is 13.4. The Morgan fingerprint density at radius 2 is 1.65 bits per heavy atom. The summed E-state index contributed by atoms with van der Waals surface area (Å²) in [5.41, 5.74) is 7.39. The van der Waals surface area contributed by atoms with Gasteiger partial charge in [0, 0.05) is 11.3 Å². The number of aryl methyl sites for hydroxylation is 3. The number of nitrogens with zero attached hydrogens (tertiary/aromatic N) is 1. The van der Waals surface area contributed by atoms with E-state index in [4.69, 9.17) is 10.5 Å². The van der Waals surface area contributed by atoms with Crippen molar-refractivity contribution < 1.29 is 13.2 Å². The van der Waals surface area contributed by atoms with Gasteiger partial charge in [0.1, 0.15) is 5.75 Å². The van der Waals surface area contributed by atoms with Crippen LogP contribution in [0, 0.1) is 20.8 Å². The summed E-state index contributed by atoms with van der Waals surface area (Å²) in [5.74, 6) is 0.590. The maximum atomic E-state index is 13.4. The molecule has 0 bridgehead atoms. The molecule has 0 aliphatic rings. The zero-order valence-corrected chi connectivity index (χ0v) is 15.8. The summed E-state index contributed by atoms with van der Waals surface area (Å²) in [5, 5.41) is 0.628. The lowest BCUT2D eigenvalue weighted by Gasteiger charge is -2.16. The van der Waals surface area contributed by atoms with Crippen LogP contribution in [-0.4, -0.2) is 19.5 Å². The number of benzene rings is 2. The van der Waals surface area contributed by atoms with Gasteiger partial charge in [-0.15, -0.1) is 0 Å². The van der Waals surface area contributed by atoms with Crippen LogP contribution in [0.2, 0.25) is 0 Å². The molecule has 1 aromatic heterocycles. The van der Waals surface area contributed by atoms with Crippen LogP contribution in [0.25, 0.3) is 10.9 Å². The summed E-state index contributed by atoms with van der Waals surface area (Å²) in [6.07, 6.45) is 0. The van der Waals surface area contributed by atoms with Crippen molar-refractivity contribution in [1.29, 1.82) is 0 Å². The minimum Gasteiger partial charge on any atom is -0.496 e. The molecule has 2 aromatic carbocycles. The van der Waals surface area contributed by atoms with Gasteiger partial charge >= 0.3 is 0 Å². The summed E-state index contributed by atoms with van der Waals surface area (Å²) in [6, 6.07) is 9.71. The van der Waals surface area contributed by atoms with Crippen molar-refractivity contribution in [1.82, 2.24) is 3.97 Å². The molecule has 0 aliphatic carbocycles. The zero-order valence-electron chi connectivity index (χ0n) is 15.0. The number of ether oxygens (including phenoxy) is 1. The van der Waals surface area contributed by atoms with E-state index in [0.29, 0.717) is 33.5 Å². The summed E-state index contributed by atoms with van der Waals surface area (Å²) < 4.78 is 32.9. The molecule has 136 valence electrons. The molecule has 1 heterocycles. The first-order chi connectivity index (χ1) is 12.2. The molecule has 0 unspecified atom stereocenters. The first-order valence-electron chi connectivity index (χ1n) is 7.99. The Hall–Kier alpha value is -2.80. The Morgan fingerprint density at radius 1 is 0.962 bits per heavy atom. The fraction of sp³-hybridized carbons (Fsp3) is 0.211. The second-order valence-corrected chi connectivity index (χ2v) is 8.06. The molecule has 2 N–H and O–H groups in total. The van der Waals surface area contributed by atoms with Crippen molar-refractivity contribution in [2.24, 2.45) is 0 Å². The fourth-order valence-corrected chi connectivity index (χ4v) is 4.79. The Morgan fingerprint density at radius 3 is 2.31 bits per heavy atom. The molecule has 0 saturated carbocycles. The number of nitrogens with two attached hydrogens (primary N) is 1. The Kier molecular flexibility index (Phi) is 4.28. The number of fused-ring (bicyclic) bond motifs is 1. The van der Waals surface area contributed by atoms with Crippen LogP contribution >= 0.6 is 0 Å². The first kappa shape index (κ1) is 18.0. The monoisotopic (exact) mass is 372 g/mol. The number of pyridine rings is 1. The summed E-state index contributed by atoms with van der Waals surface area (Å²) in [7, 11) is -2.60. The van der Waals surface area contributed by atoms with Gasteiger partial charge in [-0.2, -0.15) is 3.97 Å². The third-order valence-electron chi connectivity index (χ3n) is 4.38. The molecule has 26 heavy (non-hydrogen) atoms. The molecule has 7 heteroatoms. The second-order valence-electron chi connectivity index (χ2n) is 6.31. The highest BCUT2D eigenvalue weighted by Crippen LogP contribution is 2.28. The van der Waals surface area contributed by atoms with Crippen molar-refractivity contribution in [2.45, 2.75) is 25.7 Å². The largest absolute Gasteiger partial charge is 0.496 e. The van der Waals surface area contributed by atoms with E-state index in [9.17, 15) is 13.2 Å². The van der Waals surface area contributed by atoms with Crippen LogP contribution in [0.4, 0.5) is 5.69 Å². The Labute approximate surface area is 151 Å². The smallest absolute Gasteiger partial charge is 0.271 e. The maximum Gasteiger partial charge on any atom is 0.271 e. The van der Waals surface area contributed by atoms with Crippen LogP contribution in [0.5, 0.6) is 5.75 Å². The number of hydrogen-bond acceptors (Lipinski definition) is 5. The van der Waals surface area contributed by atoms with E-state index in [2.05, 4.69) is 0 Å². The number of nitrogen functional groups attached to an aromatic ring is 1. The van der Waals surface area contributed by atoms with Crippen molar-refractivity contribution in [3.63, 3.8) is 0 Å². The standard InChI is InChI=1S/C19H20N2O4S/c1-11-9-18(12(2)8-17(11)25-4)26(23,24)21-16-10-15(20)6-5-14(16)7-13(3)19(21)22/h5-10H,20H2,1-4H3. The van der Waals surface area contributed by atoms with Crippen molar-refractivity contribution in [3.05, 3.63) is 63.4 Å². The number of rotatable bonds is 3. The summed E-state index contributed by atoms with van der Waals surface area (Å²) >= 11 is 0. The number of anilines is 1. The molecular formula is C19H20N2O4S. The quantitative estimate of drug-likeness (QED) is 0.714. The van der Waals surface area contributed by atoms with E-state index < -0.39 is 15.6 Å². The predicted molar refractivity (Wildman–Crippen MR) is 102 cm³/mol. The lowest BCUT2D eigenvalue weighted by atomic mass is 10.1. The van der Waals surface area contributed by atoms with E-state index >= 15 is 0 Å². The fourth-order valence-electron chi connectivity index (χ4n) is 3.02. The van der Waals surface area contributed by atoms with Crippen molar-refractivity contribution in [2.75, 3.05) is 12.8 Å². The van der Waals surface area contributed by atoms with E-state index in [-0.39, 0.29) is 10.4 Å². The minimum absolute atomic E-state index is 0.0622. The molecule has 0 aliphatic heterocycles. The highest BCUT2D eigenvalue weighted by atomic mass is 32.2. The van der Waals surface area contributed by atoms with Crippen LogP contribution < -0.4 is 16.0 Å². The highest BCUT2D eigenvalue weighted by molar-refractivity contribution is 7.90. The van der Waals surface area contributed by atoms with E-state index in [1.54, 1.807) is 45.0 Å². The molecule has 0 saturated heterocycles. The number of hydrogen-bond donors (Lipinski definition) is 1. The van der Waals surface area contributed by atoms with Gasteiger partial charge in [0.05, 0.1) is 17.5 Å². The number of methoxy groups -OCH3 is 1. The molecule has 0 spiro atoms. The highest BCUT2D eigenvalue weighted by Gasteiger charge is 2.25. The SMILES string of the molecule is COc1cc(C)c(S(=O)(=O)n2c(=O)c(C)cc3ccc(N)cc32)cc1C. The van der Waals surface area contributed by atoms with Crippen LogP contribution in [0.15, 0.2) is 46.1 Å². The Bertz CT molecular complexity index is 1190. The van der Waals surface area contributed by atoms with Gasteiger partial charge in [-0.1, -0.05) is 6.07 Å². The molecular weight excluding hydrogens is 352 g/mol. The van der Waals surface area contributed by atoms with Crippen LogP contribution in [0.1, 0.15) is 16.7 Å². The lowest BCUT2D eigenvalue weighted by molar-refractivity contribution is 0.411. The average Bonchev–Trinajstić information content (AvgIpc) is 2.57. The van der Waals surface area contributed by atoms with Gasteiger partial charge in [-0.3, -0.25) is 4.79 Å². The summed E-state index contributed by atoms with van der Waals surface area (Å²) in [6.45, 7) is 5.02. The van der Waals surface area contributed by atoms with E-state index in [1.165, 1.54) is 19.2 Å². The normalized spacial score (nSPS) is 11.7. The van der Waals surface area contributed by atoms with E-state index in [1.807, 2.05) is 0 Å². The predicted octanol–water partition coefficient (Wildman–Crippen LogP) is 2.75. The van der Waals surface area contributed by atoms with Gasteiger partial charge in [0.25, 0.3) is 15.6 Å². The van der Waals surface area contributed by atoms with Crippen LogP contribution in [0.3, 0.4) is 0 Å². The van der Waals surface area contributed by atoms with Gasteiger partial charge in [0.15, 0.2) is 0 Å². The Balaban J connectivity index is 2.43. The second kappa shape index (κ2) is 6.17. The molecule has 0 atom stereocenters. The number of aromatic nitrogens is 1. The summed E-state index contributed by atoms with van der Waals surface area (Å²) in [4.78, 5) is 12.8. The van der Waals surface area contributed by atoms with Gasteiger partial charge in [0.2, 0.25) is 0 Å². The van der Waals surface area contributed by atoms with Crippen molar-refractivity contribution in [3.8, 4) is 5.75 Å². The molecule has 3 rings (SSSR count). The zero-order chi connectivity index (χ0) is 19.2. The molecule has 0 amide bonds. The van der Waals surface area contributed by atoms with Gasteiger partial charge in [-0.05, 0) is 67.6 Å². The molecule has 6 nitrogen and oxygen atoms in total. The molecule has 0 radical (unpaired) electrons. The third kappa shape index (κ3) is 2.74. The lowest BCUT2D eigenvalue weighted by Crippen LogP contribution is -2.30. The average molecular weight is 372 g/mol. The van der Waals surface area contributed by atoms with Gasteiger partial charge in [-0.25, -0.2) is 8.42 Å².